The highest BCUT2D eigenvalue weighted by Gasteiger charge is 2.16. The quantitative estimate of drug-likeness (QED) is 0.626. The summed E-state index contributed by atoms with van der Waals surface area (Å²) < 4.78 is 24.5. The summed E-state index contributed by atoms with van der Waals surface area (Å²) >= 11 is 5.37. The van der Waals surface area contributed by atoms with E-state index in [0.29, 0.717) is 6.29 Å². The van der Waals surface area contributed by atoms with Crippen LogP contribution in [0.15, 0.2) is 11.0 Å². The summed E-state index contributed by atoms with van der Waals surface area (Å²) in [4.78, 5) is 24.0. The molecular formula is C8H6ClF2NO2. The van der Waals surface area contributed by atoms with Gasteiger partial charge in [0.05, 0.1) is 17.1 Å². The summed E-state index contributed by atoms with van der Waals surface area (Å²) in [5, 5.41) is 0. The molecule has 0 aliphatic rings. The van der Waals surface area contributed by atoms with Crippen LogP contribution in [0, 0.1) is 0 Å². The fourth-order valence-electron chi connectivity index (χ4n) is 1.00. The number of halogens is 3. The number of alkyl halides is 3. The fourth-order valence-corrected chi connectivity index (χ4v) is 1.27. The van der Waals surface area contributed by atoms with Gasteiger partial charge in [-0.3, -0.25) is 9.59 Å². The van der Waals surface area contributed by atoms with Crippen LogP contribution in [0.5, 0.6) is 0 Å². The Kier molecular flexibility index (Phi) is 3.35. The van der Waals surface area contributed by atoms with Gasteiger partial charge in [-0.2, -0.15) is 0 Å². The average molecular weight is 222 g/mol. The lowest BCUT2D eigenvalue weighted by Crippen LogP contribution is -2.17. The predicted octanol–water partition coefficient (Wildman–Crippen LogP) is 1.86. The van der Waals surface area contributed by atoms with Crippen LogP contribution in [-0.2, 0) is 5.88 Å². The lowest BCUT2D eigenvalue weighted by Gasteiger charge is -2.03. The smallest absolute Gasteiger partial charge is 0.269 e. The van der Waals surface area contributed by atoms with E-state index in [-0.39, 0.29) is 17.1 Å². The number of aromatic amines is 1. The van der Waals surface area contributed by atoms with Gasteiger partial charge >= 0.3 is 0 Å². The summed E-state index contributed by atoms with van der Waals surface area (Å²) in [6, 6.07) is 0. The van der Waals surface area contributed by atoms with E-state index >= 15 is 0 Å². The van der Waals surface area contributed by atoms with Crippen LogP contribution in [0.3, 0.4) is 0 Å². The summed E-state index contributed by atoms with van der Waals surface area (Å²) in [7, 11) is 0. The standard InChI is InChI=1S/C8H6ClF2NO2/c9-1-4-6(3-13)12-2-5(7(4)14)8(10)11/h2-3,8H,1H2,(H,12,14). The van der Waals surface area contributed by atoms with Crippen LogP contribution in [0.4, 0.5) is 8.78 Å². The third-order valence-corrected chi connectivity index (χ3v) is 2.00. The number of H-pyrrole nitrogens is 1. The van der Waals surface area contributed by atoms with Gasteiger partial charge < -0.3 is 4.98 Å². The van der Waals surface area contributed by atoms with Crippen molar-refractivity contribution in [1.29, 1.82) is 0 Å². The van der Waals surface area contributed by atoms with Crippen molar-refractivity contribution < 1.29 is 13.6 Å². The summed E-state index contributed by atoms with van der Waals surface area (Å²) in [5.74, 6) is -0.274. The van der Waals surface area contributed by atoms with Crippen molar-refractivity contribution in [2.24, 2.45) is 0 Å². The number of carbonyl (C=O) groups is 1. The maximum atomic E-state index is 12.2. The van der Waals surface area contributed by atoms with Crippen LogP contribution in [0.2, 0.25) is 0 Å². The molecule has 1 rings (SSSR count). The molecule has 3 nitrogen and oxygen atoms in total. The number of aldehydes is 1. The second kappa shape index (κ2) is 4.32. The molecule has 1 aromatic heterocycles. The molecule has 0 saturated carbocycles. The van der Waals surface area contributed by atoms with Crippen LogP contribution in [0.1, 0.15) is 28.0 Å². The Morgan fingerprint density at radius 3 is 2.64 bits per heavy atom. The van der Waals surface area contributed by atoms with Crippen molar-refractivity contribution in [3.8, 4) is 0 Å². The SMILES string of the molecule is O=Cc1[nH]cc(C(F)F)c(=O)c1CCl. The van der Waals surface area contributed by atoms with Crippen LogP contribution >= 0.6 is 11.6 Å². The van der Waals surface area contributed by atoms with Gasteiger partial charge in [0.15, 0.2) is 11.7 Å². The van der Waals surface area contributed by atoms with Gasteiger partial charge in [-0.05, 0) is 0 Å². The Bertz CT molecular complexity index is 403. The molecule has 14 heavy (non-hydrogen) atoms. The third kappa shape index (κ3) is 1.82. The molecule has 0 amide bonds. The molecule has 0 radical (unpaired) electrons. The predicted molar refractivity (Wildman–Crippen MR) is 47.0 cm³/mol. The lowest BCUT2D eigenvalue weighted by atomic mass is 10.1. The zero-order valence-corrected chi connectivity index (χ0v) is 7.65. The number of aromatic nitrogens is 1. The third-order valence-electron chi connectivity index (χ3n) is 1.73. The number of hydrogen-bond acceptors (Lipinski definition) is 2. The Hall–Kier alpha value is -1.23. The lowest BCUT2D eigenvalue weighted by molar-refractivity contribution is 0.111. The van der Waals surface area contributed by atoms with E-state index in [4.69, 9.17) is 11.6 Å². The highest BCUT2D eigenvalue weighted by atomic mass is 35.5. The topological polar surface area (TPSA) is 49.9 Å². The first-order chi connectivity index (χ1) is 6.61. The molecule has 0 aromatic carbocycles. The largest absolute Gasteiger partial charge is 0.358 e. The average Bonchev–Trinajstić information content (AvgIpc) is 2.16. The molecule has 76 valence electrons. The summed E-state index contributed by atoms with van der Waals surface area (Å²) in [5.41, 5.74) is -1.74. The Morgan fingerprint density at radius 2 is 2.21 bits per heavy atom. The van der Waals surface area contributed by atoms with Gasteiger partial charge in [0, 0.05) is 11.8 Å². The Morgan fingerprint density at radius 1 is 1.57 bits per heavy atom. The van der Waals surface area contributed by atoms with Crippen molar-refractivity contribution in [3.05, 3.63) is 33.2 Å². The molecule has 1 aromatic rings. The molecule has 1 heterocycles. The monoisotopic (exact) mass is 221 g/mol. The minimum atomic E-state index is -2.87. The van der Waals surface area contributed by atoms with Crippen LogP contribution in [0.25, 0.3) is 0 Å². The molecule has 0 fully saturated rings. The first-order valence-electron chi connectivity index (χ1n) is 3.65. The van der Waals surface area contributed by atoms with E-state index in [1.54, 1.807) is 0 Å². The molecule has 0 aliphatic heterocycles. The molecular weight excluding hydrogens is 216 g/mol. The van der Waals surface area contributed by atoms with E-state index in [9.17, 15) is 18.4 Å². The highest BCUT2D eigenvalue weighted by molar-refractivity contribution is 6.17. The number of hydrogen-bond donors (Lipinski definition) is 1. The minimum Gasteiger partial charge on any atom is -0.358 e. The maximum absolute atomic E-state index is 12.2. The van der Waals surface area contributed by atoms with E-state index in [2.05, 4.69) is 4.98 Å². The Labute approximate surface area is 82.7 Å². The van der Waals surface area contributed by atoms with Gasteiger partial charge in [0.25, 0.3) is 6.43 Å². The first-order valence-corrected chi connectivity index (χ1v) is 4.19. The van der Waals surface area contributed by atoms with Crippen molar-refractivity contribution >= 4 is 17.9 Å². The summed E-state index contributed by atoms with van der Waals surface area (Å²) in [6.45, 7) is 0. The molecule has 6 heteroatoms. The van der Waals surface area contributed by atoms with E-state index in [0.717, 1.165) is 6.20 Å². The zero-order valence-electron chi connectivity index (χ0n) is 6.89. The number of nitrogens with one attached hydrogen (secondary N) is 1. The first kappa shape index (κ1) is 10.8. The molecule has 0 bridgehead atoms. The second-order valence-corrected chi connectivity index (χ2v) is 2.78. The number of pyridine rings is 1. The second-order valence-electron chi connectivity index (χ2n) is 2.52. The molecule has 0 atom stereocenters. The number of carbonyl (C=O) groups excluding carboxylic acids is 1. The van der Waals surface area contributed by atoms with Gasteiger partial charge in [-0.1, -0.05) is 0 Å². The molecule has 1 N–H and O–H groups in total. The summed E-state index contributed by atoms with van der Waals surface area (Å²) in [6.07, 6.45) is -1.68. The highest BCUT2D eigenvalue weighted by Crippen LogP contribution is 2.15. The van der Waals surface area contributed by atoms with Crippen molar-refractivity contribution in [2.45, 2.75) is 12.3 Å². The van der Waals surface area contributed by atoms with Gasteiger partial charge in [0.2, 0.25) is 0 Å². The van der Waals surface area contributed by atoms with E-state index in [1.165, 1.54) is 0 Å². The zero-order chi connectivity index (χ0) is 10.7. The molecule has 0 spiro atoms. The van der Waals surface area contributed by atoms with Crippen molar-refractivity contribution in [2.75, 3.05) is 0 Å². The molecule has 0 unspecified atom stereocenters. The van der Waals surface area contributed by atoms with Gasteiger partial charge in [0.1, 0.15) is 0 Å². The van der Waals surface area contributed by atoms with Gasteiger partial charge in [-0.25, -0.2) is 8.78 Å². The van der Waals surface area contributed by atoms with Gasteiger partial charge in [-0.15, -0.1) is 11.6 Å². The normalized spacial score (nSPS) is 10.6. The molecule has 0 aliphatic carbocycles. The van der Waals surface area contributed by atoms with E-state index < -0.39 is 17.4 Å². The van der Waals surface area contributed by atoms with E-state index in [1.807, 2.05) is 0 Å². The van der Waals surface area contributed by atoms with Crippen molar-refractivity contribution in [1.82, 2.24) is 4.98 Å². The fraction of sp³-hybridized carbons (Fsp3) is 0.250. The molecule has 0 saturated heterocycles. The van der Waals surface area contributed by atoms with Crippen LogP contribution < -0.4 is 5.43 Å². The van der Waals surface area contributed by atoms with Crippen LogP contribution in [-0.4, -0.2) is 11.3 Å². The maximum Gasteiger partial charge on any atom is 0.269 e. The number of rotatable bonds is 3. The van der Waals surface area contributed by atoms with Crippen molar-refractivity contribution in [3.63, 3.8) is 0 Å². The minimum absolute atomic E-state index is 0.0607. The Balaban J connectivity index is 3.43.